The Balaban J connectivity index is 2.17. The van der Waals surface area contributed by atoms with Crippen LogP contribution in [0, 0.1) is 0 Å². The van der Waals surface area contributed by atoms with E-state index in [2.05, 4.69) is 10.1 Å². The van der Waals surface area contributed by atoms with Crippen molar-refractivity contribution in [2.75, 3.05) is 6.54 Å². The number of carbonyl (C=O) groups excluding carboxylic acids is 2. The molecule has 0 radical (unpaired) electrons. The molecule has 5 heteroatoms. The van der Waals surface area contributed by atoms with Gasteiger partial charge in [-0.2, -0.15) is 0 Å². The summed E-state index contributed by atoms with van der Waals surface area (Å²) in [6, 6.07) is 0. The maximum atomic E-state index is 11.0. The Kier molecular flexibility index (Phi) is 3.54. The number of hydrogen-bond acceptors (Lipinski definition) is 4. The van der Waals surface area contributed by atoms with Gasteiger partial charge in [-0.1, -0.05) is 13.3 Å². The van der Waals surface area contributed by atoms with Gasteiger partial charge in [-0.25, -0.2) is 4.79 Å². The lowest BCUT2D eigenvalue weighted by molar-refractivity contribution is -0.162. The molecule has 0 spiro atoms. The molecule has 13 heavy (non-hydrogen) atoms. The molecular formula is C8H13NO4. The van der Waals surface area contributed by atoms with E-state index in [9.17, 15) is 9.59 Å². The summed E-state index contributed by atoms with van der Waals surface area (Å²) in [6.07, 6.45) is 0.847. The number of hydrogen-bond donors (Lipinski definition) is 1. The molecule has 0 bridgehead atoms. The van der Waals surface area contributed by atoms with Crippen LogP contribution >= 0.6 is 0 Å². The summed E-state index contributed by atoms with van der Waals surface area (Å²) >= 11 is 0. The van der Waals surface area contributed by atoms with Gasteiger partial charge in [0.05, 0.1) is 6.54 Å². The summed E-state index contributed by atoms with van der Waals surface area (Å²) in [5, 5.41) is 2.39. The molecule has 0 aromatic carbocycles. The first-order valence-electron chi connectivity index (χ1n) is 4.36. The third-order valence-corrected chi connectivity index (χ3v) is 1.65. The second kappa shape index (κ2) is 4.69. The molecule has 1 aliphatic heterocycles. The fourth-order valence-electron chi connectivity index (χ4n) is 0.962. The van der Waals surface area contributed by atoms with Crippen LogP contribution in [0.2, 0.25) is 0 Å². The van der Waals surface area contributed by atoms with Crippen LogP contribution in [0.1, 0.15) is 26.2 Å². The van der Waals surface area contributed by atoms with Crippen LogP contribution in [-0.4, -0.2) is 24.9 Å². The smallest absolute Gasteiger partial charge is 0.410 e. The molecule has 1 amide bonds. The lowest BCUT2D eigenvalue weighted by Crippen LogP contribution is -2.21. The normalized spacial score (nSPS) is 20.7. The van der Waals surface area contributed by atoms with Gasteiger partial charge >= 0.3 is 12.1 Å². The first-order chi connectivity index (χ1) is 6.22. The molecule has 1 N–H and O–H groups in total. The van der Waals surface area contributed by atoms with Crippen LogP contribution in [0.25, 0.3) is 0 Å². The van der Waals surface area contributed by atoms with Crippen LogP contribution < -0.4 is 5.32 Å². The van der Waals surface area contributed by atoms with E-state index in [0.29, 0.717) is 6.42 Å². The molecule has 0 aromatic heterocycles. The van der Waals surface area contributed by atoms with Crippen LogP contribution in [0.3, 0.4) is 0 Å². The molecule has 0 aromatic rings. The largest absolute Gasteiger partial charge is 0.423 e. The van der Waals surface area contributed by atoms with Crippen LogP contribution in [0.4, 0.5) is 4.79 Å². The van der Waals surface area contributed by atoms with Crippen molar-refractivity contribution in [2.45, 2.75) is 32.5 Å². The van der Waals surface area contributed by atoms with E-state index in [1.165, 1.54) is 0 Å². The first kappa shape index (κ1) is 9.83. The number of unbranched alkanes of at least 4 members (excludes halogenated alkanes) is 1. The number of rotatable bonds is 4. The monoisotopic (exact) mass is 187 g/mol. The summed E-state index contributed by atoms with van der Waals surface area (Å²) in [5.74, 6) is -0.316. The molecule has 5 nitrogen and oxygen atoms in total. The Hall–Kier alpha value is -1.26. The molecule has 1 saturated heterocycles. The fourth-order valence-corrected chi connectivity index (χ4v) is 0.962. The van der Waals surface area contributed by atoms with Gasteiger partial charge in [0, 0.05) is 6.42 Å². The van der Waals surface area contributed by atoms with Crippen molar-refractivity contribution in [3.05, 3.63) is 0 Å². The SMILES string of the molecule is CCCCC(=O)OC1CNC(=O)O1. The average Bonchev–Trinajstić information content (AvgIpc) is 2.48. The van der Waals surface area contributed by atoms with Crippen molar-refractivity contribution in [1.29, 1.82) is 0 Å². The molecule has 1 fully saturated rings. The van der Waals surface area contributed by atoms with Gasteiger partial charge in [0.15, 0.2) is 0 Å². The summed E-state index contributed by atoms with van der Waals surface area (Å²) in [4.78, 5) is 21.5. The highest BCUT2D eigenvalue weighted by atomic mass is 16.7. The van der Waals surface area contributed by atoms with Crippen molar-refractivity contribution in [1.82, 2.24) is 5.32 Å². The topological polar surface area (TPSA) is 64.6 Å². The van der Waals surface area contributed by atoms with Crippen molar-refractivity contribution in [3.63, 3.8) is 0 Å². The predicted molar refractivity (Wildman–Crippen MR) is 43.9 cm³/mol. The summed E-state index contributed by atoms with van der Waals surface area (Å²) in [5.41, 5.74) is 0. The van der Waals surface area contributed by atoms with E-state index in [1.54, 1.807) is 0 Å². The van der Waals surface area contributed by atoms with Gasteiger partial charge < -0.3 is 14.8 Å². The molecule has 1 aliphatic rings. The van der Waals surface area contributed by atoms with E-state index in [0.717, 1.165) is 12.8 Å². The maximum absolute atomic E-state index is 11.0. The molecule has 1 atom stereocenters. The van der Waals surface area contributed by atoms with Gasteiger partial charge in [-0.15, -0.1) is 0 Å². The molecule has 1 unspecified atom stereocenters. The van der Waals surface area contributed by atoms with Crippen molar-refractivity contribution in [2.24, 2.45) is 0 Å². The quantitative estimate of drug-likeness (QED) is 0.661. The van der Waals surface area contributed by atoms with E-state index in [4.69, 9.17) is 4.74 Å². The van der Waals surface area contributed by atoms with E-state index < -0.39 is 12.4 Å². The lowest BCUT2D eigenvalue weighted by Gasteiger charge is -2.08. The molecule has 74 valence electrons. The van der Waals surface area contributed by atoms with Crippen LogP contribution in [-0.2, 0) is 14.3 Å². The summed E-state index contributed by atoms with van der Waals surface area (Å²) in [7, 11) is 0. The van der Waals surface area contributed by atoms with Gasteiger partial charge in [0.25, 0.3) is 6.29 Å². The molecule has 0 saturated carbocycles. The predicted octanol–water partition coefficient (Wildman–Crippen LogP) is 0.786. The Morgan fingerprint density at radius 2 is 2.54 bits per heavy atom. The van der Waals surface area contributed by atoms with Crippen molar-refractivity contribution >= 4 is 12.1 Å². The minimum Gasteiger partial charge on any atom is -0.423 e. The Labute approximate surface area is 76.4 Å². The van der Waals surface area contributed by atoms with E-state index in [1.807, 2.05) is 6.92 Å². The Morgan fingerprint density at radius 3 is 3.08 bits per heavy atom. The molecular weight excluding hydrogens is 174 g/mol. The molecule has 1 heterocycles. The number of ether oxygens (including phenoxy) is 2. The lowest BCUT2D eigenvalue weighted by atomic mass is 10.2. The van der Waals surface area contributed by atoms with Gasteiger partial charge in [0.1, 0.15) is 0 Å². The van der Waals surface area contributed by atoms with Crippen molar-refractivity contribution < 1.29 is 19.1 Å². The summed E-state index contributed by atoms with van der Waals surface area (Å²) < 4.78 is 9.46. The second-order valence-corrected chi connectivity index (χ2v) is 2.81. The highest BCUT2D eigenvalue weighted by Crippen LogP contribution is 2.05. The number of cyclic esters (lactones) is 1. The minimum atomic E-state index is -0.739. The molecule has 0 aliphatic carbocycles. The number of nitrogens with one attached hydrogen (secondary N) is 1. The Bertz CT molecular complexity index is 204. The number of carbonyl (C=O) groups is 2. The first-order valence-corrected chi connectivity index (χ1v) is 4.36. The van der Waals surface area contributed by atoms with Gasteiger partial charge in [0.2, 0.25) is 0 Å². The van der Waals surface area contributed by atoms with Crippen LogP contribution in [0.5, 0.6) is 0 Å². The van der Waals surface area contributed by atoms with E-state index >= 15 is 0 Å². The van der Waals surface area contributed by atoms with Crippen molar-refractivity contribution in [3.8, 4) is 0 Å². The standard InChI is InChI=1S/C8H13NO4/c1-2-3-4-6(10)12-7-5-9-8(11)13-7/h7H,2-5H2,1H3,(H,9,11). The average molecular weight is 187 g/mol. The fraction of sp³-hybridized carbons (Fsp3) is 0.750. The highest BCUT2D eigenvalue weighted by molar-refractivity contribution is 5.72. The Morgan fingerprint density at radius 1 is 1.77 bits per heavy atom. The number of esters is 1. The third-order valence-electron chi connectivity index (χ3n) is 1.65. The van der Waals surface area contributed by atoms with E-state index in [-0.39, 0.29) is 12.5 Å². The van der Waals surface area contributed by atoms with Gasteiger partial charge in [-0.3, -0.25) is 4.79 Å². The summed E-state index contributed by atoms with van der Waals surface area (Å²) in [6.45, 7) is 2.24. The number of alkyl carbamates (subject to hydrolysis) is 1. The highest BCUT2D eigenvalue weighted by Gasteiger charge is 2.25. The maximum Gasteiger partial charge on any atom is 0.410 e. The third kappa shape index (κ3) is 3.31. The zero-order chi connectivity index (χ0) is 9.68. The van der Waals surface area contributed by atoms with Gasteiger partial charge in [-0.05, 0) is 6.42 Å². The number of amides is 1. The zero-order valence-corrected chi connectivity index (χ0v) is 7.54. The molecule has 1 rings (SSSR count). The second-order valence-electron chi connectivity index (χ2n) is 2.81. The van der Waals surface area contributed by atoms with Crippen LogP contribution in [0.15, 0.2) is 0 Å². The minimum absolute atomic E-state index is 0.247. The zero-order valence-electron chi connectivity index (χ0n) is 7.54.